The molecule has 0 saturated carbocycles. The number of carbonyl (C=O) groups is 1. The van der Waals surface area contributed by atoms with Crippen molar-refractivity contribution < 1.29 is 4.79 Å². The van der Waals surface area contributed by atoms with Gasteiger partial charge in [0, 0.05) is 35.7 Å². The Morgan fingerprint density at radius 2 is 1.32 bits per heavy atom. The third-order valence-corrected chi connectivity index (χ3v) is 4.50. The molecule has 2 aromatic rings. The van der Waals surface area contributed by atoms with E-state index in [4.69, 9.17) is 0 Å². The first-order chi connectivity index (χ1) is 10.8. The van der Waals surface area contributed by atoms with Gasteiger partial charge in [-0.3, -0.25) is 4.79 Å². The molecular formula is C19H18INO. The molecule has 0 N–H and O–H groups in total. The number of hydrogen-bond donors (Lipinski definition) is 0. The van der Waals surface area contributed by atoms with Gasteiger partial charge in [-0.15, -0.1) is 0 Å². The van der Waals surface area contributed by atoms with Crippen LogP contribution in [0.4, 0.5) is 0 Å². The molecule has 2 aromatic carbocycles. The summed E-state index contributed by atoms with van der Waals surface area (Å²) in [6, 6.07) is 20.3. The lowest BCUT2D eigenvalue weighted by Gasteiger charge is -2.25. The van der Waals surface area contributed by atoms with Crippen LogP contribution in [0.25, 0.3) is 11.3 Å². The summed E-state index contributed by atoms with van der Waals surface area (Å²) in [6.45, 7) is 2.04. The summed E-state index contributed by atoms with van der Waals surface area (Å²) in [5.74, 6) is 0. The molecule has 1 fully saturated rings. The van der Waals surface area contributed by atoms with Gasteiger partial charge in [-0.05, 0) is 24.0 Å². The maximum Gasteiger partial charge on any atom is 0.225 e. The normalized spacial score (nSPS) is 15.6. The molecule has 22 heavy (non-hydrogen) atoms. The predicted octanol–water partition coefficient (Wildman–Crippen LogP) is 4.61. The molecule has 0 unspecified atom stereocenters. The summed E-state index contributed by atoms with van der Waals surface area (Å²) in [5, 5.41) is 0. The Morgan fingerprint density at radius 3 is 1.82 bits per heavy atom. The van der Waals surface area contributed by atoms with Crippen LogP contribution in [0.2, 0.25) is 0 Å². The number of likely N-dealkylation sites (tertiary alicyclic amines) is 1. The molecule has 2 nitrogen and oxygen atoms in total. The molecule has 0 radical (unpaired) electrons. The van der Waals surface area contributed by atoms with E-state index in [0.29, 0.717) is 0 Å². The molecule has 1 heterocycles. The fourth-order valence-electron chi connectivity index (χ4n) is 2.97. The van der Waals surface area contributed by atoms with E-state index in [2.05, 4.69) is 17.0 Å². The molecule has 0 aliphatic carbocycles. The summed E-state index contributed by atoms with van der Waals surface area (Å²) in [7, 11) is 0. The zero-order chi connectivity index (χ0) is 15.4. The Labute approximate surface area is 145 Å². The van der Waals surface area contributed by atoms with Crippen molar-refractivity contribution in [2.45, 2.75) is 12.8 Å². The summed E-state index contributed by atoms with van der Waals surface area (Å²) < 4.78 is 0.0922. The van der Waals surface area contributed by atoms with E-state index >= 15 is 0 Å². The number of benzene rings is 2. The van der Waals surface area contributed by atoms with Crippen LogP contribution in [0.5, 0.6) is 0 Å². The van der Waals surface area contributed by atoms with Gasteiger partial charge < -0.3 is 4.90 Å². The molecule has 0 amide bonds. The second kappa shape index (κ2) is 7.09. The first-order valence-corrected chi connectivity index (χ1v) is 8.65. The third-order valence-electron chi connectivity index (χ3n) is 3.97. The fourth-order valence-corrected chi connectivity index (χ4v) is 3.54. The van der Waals surface area contributed by atoms with Crippen LogP contribution in [0.1, 0.15) is 24.0 Å². The van der Waals surface area contributed by atoms with Crippen molar-refractivity contribution in [3.05, 3.63) is 71.8 Å². The summed E-state index contributed by atoms with van der Waals surface area (Å²) in [6.07, 6.45) is 2.38. The van der Waals surface area contributed by atoms with Gasteiger partial charge in [-0.25, -0.2) is 0 Å². The minimum absolute atomic E-state index is 0.0922. The van der Waals surface area contributed by atoms with E-state index in [9.17, 15) is 4.79 Å². The van der Waals surface area contributed by atoms with Gasteiger partial charge in [-0.1, -0.05) is 60.7 Å². The smallest absolute Gasteiger partial charge is 0.225 e. The van der Waals surface area contributed by atoms with E-state index in [1.165, 1.54) is 12.8 Å². The Kier molecular flexibility index (Phi) is 4.93. The second-order valence-corrected chi connectivity index (χ2v) is 6.40. The van der Waals surface area contributed by atoms with Crippen molar-refractivity contribution >= 4 is 37.7 Å². The van der Waals surface area contributed by atoms with Gasteiger partial charge in [-0.2, -0.15) is 0 Å². The van der Waals surface area contributed by atoms with Crippen molar-refractivity contribution in [2.24, 2.45) is 0 Å². The largest absolute Gasteiger partial charge is 0.370 e. The highest BCUT2D eigenvalue weighted by atomic mass is 127. The SMILES string of the molecule is O=C(I)/C(=C(/c1ccccc1)N1CCCC1)c1ccccc1. The number of halogens is 1. The van der Waals surface area contributed by atoms with Crippen molar-refractivity contribution in [2.75, 3.05) is 13.1 Å². The first-order valence-electron chi connectivity index (χ1n) is 7.57. The lowest BCUT2D eigenvalue weighted by atomic mass is 9.99. The zero-order valence-corrected chi connectivity index (χ0v) is 14.5. The quantitative estimate of drug-likeness (QED) is 0.322. The van der Waals surface area contributed by atoms with Crippen LogP contribution in [0.15, 0.2) is 60.7 Å². The average molecular weight is 403 g/mol. The number of allylic oxidation sites excluding steroid dienone is 1. The Hall–Kier alpha value is -1.62. The van der Waals surface area contributed by atoms with Crippen molar-refractivity contribution in [3.8, 4) is 0 Å². The van der Waals surface area contributed by atoms with Gasteiger partial charge in [0.05, 0.1) is 11.3 Å². The highest BCUT2D eigenvalue weighted by molar-refractivity contribution is 14.1. The molecular weight excluding hydrogens is 385 g/mol. The van der Waals surface area contributed by atoms with Crippen LogP contribution in [-0.2, 0) is 4.79 Å². The molecule has 0 bridgehead atoms. The third kappa shape index (κ3) is 3.24. The first kappa shape index (κ1) is 15.3. The minimum atomic E-state index is 0.0922. The van der Waals surface area contributed by atoms with E-state index in [1.807, 2.05) is 71.1 Å². The molecule has 1 aliphatic heterocycles. The Morgan fingerprint density at radius 1 is 0.818 bits per heavy atom. The van der Waals surface area contributed by atoms with Crippen LogP contribution >= 0.6 is 22.6 Å². The van der Waals surface area contributed by atoms with Crippen molar-refractivity contribution in [1.29, 1.82) is 0 Å². The highest BCUT2D eigenvalue weighted by Gasteiger charge is 2.23. The number of nitrogens with zero attached hydrogens (tertiary/aromatic N) is 1. The number of rotatable bonds is 4. The summed E-state index contributed by atoms with van der Waals surface area (Å²) in [5.41, 5.74) is 4.00. The highest BCUT2D eigenvalue weighted by Crippen LogP contribution is 2.33. The maximum atomic E-state index is 12.4. The van der Waals surface area contributed by atoms with E-state index < -0.39 is 0 Å². The molecule has 1 saturated heterocycles. The Balaban J connectivity index is 2.22. The number of carbonyl (C=O) groups excluding carboxylic acids is 1. The van der Waals surface area contributed by atoms with Crippen LogP contribution in [0, 0.1) is 0 Å². The zero-order valence-electron chi connectivity index (χ0n) is 12.3. The molecule has 0 atom stereocenters. The Bertz CT molecular complexity index is 673. The standard InChI is InChI=1S/C19H18INO/c20-19(22)17(15-9-3-1-4-10-15)18(21-13-7-8-14-21)16-11-5-2-6-12-16/h1-6,9-12H,7-8,13-14H2/b18-17-. The molecule has 0 aromatic heterocycles. The van der Waals surface area contributed by atoms with Crippen LogP contribution in [0.3, 0.4) is 0 Å². The average Bonchev–Trinajstić information content (AvgIpc) is 3.07. The monoisotopic (exact) mass is 403 g/mol. The molecule has 1 aliphatic rings. The van der Waals surface area contributed by atoms with E-state index in [-0.39, 0.29) is 3.79 Å². The molecule has 3 heteroatoms. The molecule has 0 spiro atoms. The molecule has 3 rings (SSSR count). The van der Waals surface area contributed by atoms with Crippen LogP contribution < -0.4 is 0 Å². The van der Waals surface area contributed by atoms with Crippen molar-refractivity contribution in [3.63, 3.8) is 0 Å². The lowest BCUT2D eigenvalue weighted by molar-refractivity contribution is -0.104. The van der Waals surface area contributed by atoms with Gasteiger partial charge in [0.25, 0.3) is 0 Å². The van der Waals surface area contributed by atoms with Gasteiger partial charge in [0.15, 0.2) is 0 Å². The lowest BCUT2D eigenvalue weighted by Crippen LogP contribution is -2.20. The van der Waals surface area contributed by atoms with Crippen molar-refractivity contribution in [1.82, 2.24) is 4.90 Å². The van der Waals surface area contributed by atoms with Crippen LogP contribution in [-0.4, -0.2) is 21.8 Å². The number of hydrogen-bond acceptors (Lipinski definition) is 2. The minimum Gasteiger partial charge on any atom is -0.370 e. The molecule has 112 valence electrons. The summed E-state index contributed by atoms with van der Waals surface area (Å²) >= 11 is 1.91. The van der Waals surface area contributed by atoms with Gasteiger partial charge in [0.1, 0.15) is 0 Å². The van der Waals surface area contributed by atoms with Gasteiger partial charge >= 0.3 is 0 Å². The maximum absolute atomic E-state index is 12.4. The predicted molar refractivity (Wildman–Crippen MR) is 99.5 cm³/mol. The fraction of sp³-hybridized carbons (Fsp3) is 0.211. The summed E-state index contributed by atoms with van der Waals surface area (Å²) in [4.78, 5) is 14.8. The van der Waals surface area contributed by atoms with E-state index in [0.717, 1.165) is 35.5 Å². The van der Waals surface area contributed by atoms with E-state index in [1.54, 1.807) is 0 Å². The second-order valence-electron chi connectivity index (χ2n) is 5.42. The topological polar surface area (TPSA) is 20.3 Å². The van der Waals surface area contributed by atoms with Gasteiger partial charge in [0.2, 0.25) is 3.79 Å².